The topological polar surface area (TPSA) is 20.7 Å². The van der Waals surface area contributed by atoms with Gasteiger partial charge in [0, 0.05) is 6.04 Å². The van der Waals surface area contributed by atoms with Crippen molar-refractivity contribution in [1.82, 2.24) is 9.55 Å². The molecule has 0 fully saturated rings. The lowest BCUT2D eigenvalue weighted by atomic mass is 10.1. The Hall–Kier alpha value is -1.94. The minimum atomic E-state index is -0.226. The summed E-state index contributed by atoms with van der Waals surface area (Å²) < 4.78 is 16.2. The Kier molecular flexibility index (Phi) is 2.54. The molecular formula is C16H13FN2S. The minimum absolute atomic E-state index is 0.226. The Balaban J connectivity index is 1.86. The third kappa shape index (κ3) is 1.72. The fourth-order valence-corrected chi connectivity index (χ4v) is 3.53. The van der Waals surface area contributed by atoms with Gasteiger partial charge in [0.1, 0.15) is 5.82 Å². The Bertz CT molecular complexity index is 837. The summed E-state index contributed by atoms with van der Waals surface area (Å²) in [6, 6.07) is 13.5. The molecule has 0 atom stereocenters. The zero-order valence-corrected chi connectivity index (χ0v) is 11.6. The number of halogens is 1. The smallest absolute Gasteiger partial charge is 0.178 e. The van der Waals surface area contributed by atoms with Crippen molar-refractivity contribution in [2.75, 3.05) is 0 Å². The Morgan fingerprint density at radius 2 is 1.80 bits per heavy atom. The number of hydrogen-bond donors (Lipinski definition) is 1. The summed E-state index contributed by atoms with van der Waals surface area (Å²) in [4.78, 5) is 3.17. The first-order chi connectivity index (χ1) is 9.72. The van der Waals surface area contributed by atoms with E-state index >= 15 is 0 Å². The van der Waals surface area contributed by atoms with Crippen molar-refractivity contribution >= 4 is 23.3 Å². The van der Waals surface area contributed by atoms with Crippen molar-refractivity contribution < 1.29 is 4.39 Å². The maximum absolute atomic E-state index is 13.5. The number of nitrogens with zero attached hydrogens (tertiary/aromatic N) is 1. The van der Waals surface area contributed by atoms with Crippen LogP contribution in [0.15, 0.2) is 42.5 Å². The minimum Gasteiger partial charge on any atom is -0.331 e. The van der Waals surface area contributed by atoms with Gasteiger partial charge in [-0.15, -0.1) is 0 Å². The van der Waals surface area contributed by atoms with E-state index in [0.717, 1.165) is 23.9 Å². The molecular weight excluding hydrogens is 271 g/mol. The van der Waals surface area contributed by atoms with Crippen molar-refractivity contribution in [3.8, 4) is 0 Å². The third-order valence-corrected chi connectivity index (χ3v) is 4.37. The fourth-order valence-electron chi connectivity index (χ4n) is 3.18. The molecule has 2 aromatic carbocycles. The van der Waals surface area contributed by atoms with Crippen LogP contribution in [0.2, 0.25) is 0 Å². The molecule has 100 valence electrons. The Morgan fingerprint density at radius 3 is 2.50 bits per heavy atom. The molecule has 1 heterocycles. The molecule has 0 aliphatic heterocycles. The van der Waals surface area contributed by atoms with Crippen LogP contribution in [-0.2, 0) is 12.8 Å². The summed E-state index contributed by atoms with van der Waals surface area (Å²) in [5.41, 5.74) is 4.48. The molecule has 0 unspecified atom stereocenters. The molecule has 1 aliphatic rings. The van der Waals surface area contributed by atoms with Crippen LogP contribution in [0, 0.1) is 10.6 Å². The summed E-state index contributed by atoms with van der Waals surface area (Å²) in [6.45, 7) is 0. The second kappa shape index (κ2) is 4.28. The van der Waals surface area contributed by atoms with Crippen LogP contribution < -0.4 is 0 Å². The highest BCUT2D eigenvalue weighted by atomic mass is 32.1. The maximum Gasteiger partial charge on any atom is 0.178 e. The Morgan fingerprint density at radius 1 is 1.10 bits per heavy atom. The highest BCUT2D eigenvalue weighted by molar-refractivity contribution is 7.71. The quantitative estimate of drug-likeness (QED) is 0.665. The average molecular weight is 284 g/mol. The van der Waals surface area contributed by atoms with Gasteiger partial charge in [-0.25, -0.2) is 4.39 Å². The van der Waals surface area contributed by atoms with Crippen LogP contribution in [0.5, 0.6) is 0 Å². The molecule has 0 amide bonds. The van der Waals surface area contributed by atoms with Gasteiger partial charge in [0.05, 0.1) is 11.0 Å². The predicted molar refractivity (Wildman–Crippen MR) is 80.0 cm³/mol. The van der Waals surface area contributed by atoms with Gasteiger partial charge in [0.2, 0.25) is 0 Å². The molecule has 1 aromatic heterocycles. The highest BCUT2D eigenvalue weighted by Crippen LogP contribution is 2.32. The number of H-pyrrole nitrogens is 1. The zero-order chi connectivity index (χ0) is 13.7. The summed E-state index contributed by atoms with van der Waals surface area (Å²) >= 11 is 5.43. The van der Waals surface area contributed by atoms with Crippen molar-refractivity contribution in [2.24, 2.45) is 0 Å². The number of benzene rings is 2. The second-order valence-electron chi connectivity index (χ2n) is 5.29. The SMILES string of the molecule is Fc1ccc2[nH]c(=S)n(C3Cc4ccccc4C3)c2c1. The van der Waals surface area contributed by atoms with Gasteiger partial charge in [-0.05, 0) is 54.4 Å². The molecule has 0 saturated carbocycles. The molecule has 1 aliphatic carbocycles. The largest absolute Gasteiger partial charge is 0.331 e. The van der Waals surface area contributed by atoms with Gasteiger partial charge in [-0.2, -0.15) is 0 Å². The zero-order valence-electron chi connectivity index (χ0n) is 10.8. The van der Waals surface area contributed by atoms with Gasteiger partial charge < -0.3 is 9.55 Å². The summed E-state index contributed by atoms with van der Waals surface area (Å²) in [7, 11) is 0. The predicted octanol–water partition coefficient (Wildman–Crippen LogP) is 4.18. The van der Waals surface area contributed by atoms with Crippen molar-refractivity contribution in [3.63, 3.8) is 0 Å². The lowest BCUT2D eigenvalue weighted by molar-refractivity contribution is 0.536. The molecule has 2 nitrogen and oxygen atoms in total. The number of aromatic nitrogens is 2. The number of fused-ring (bicyclic) bond motifs is 2. The monoisotopic (exact) mass is 284 g/mol. The third-order valence-electron chi connectivity index (χ3n) is 4.07. The van der Waals surface area contributed by atoms with Crippen molar-refractivity contribution in [3.05, 3.63) is 64.2 Å². The number of rotatable bonds is 1. The van der Waals surface area contributed by atoms with E-state index in [9.17, 15) is 4.39 Å². The molecule has 0 spiro atoms. The molecule has 4 rings (SSSR count). The maximum atomic E-state index is 13.5. The van der Waals surface area contributed by atoms with Crippen LogP contribution in [0.3, 0.4) is 0 Å². The van der Waals surface area contributed by atoms with Crippen LogP contribution in [0.1, 0.15) is 17.2 Å². The van der Waals surface area contributed by atoms with Gasteiger partial charge in [0.25, 0.3) is 0 Å². The summed E-state index contributed by atoms with van der Waals surface area (Å²) in [5, 5.41) is 0. The number of nitrogens with one attached hydrogen (secondary N) is 1. The number of aromatic amines is 1. The van der Waals surface area contributed by atoms with Gasteiger partial charge in [-0.3, -0.25) is 0 Å². The molecule has 3 aromatic rings. The van der Waals surface area contributed by atoms with E-state index in [-0.39, 0.29) is 11.9 Å². The van der Waals surface area contributed by atoms with E-state index in [1.807, 2.05) is 0 Å². The highest BCUT2D eigenvalue weighted by Gasteiger charge is 2.24. The second-order valence-corrected chi connectivity index (χ2v) is 5.68. The normalized spacial score (nSPS) is 14.8. The molecule has 0 bridgehead atoms. The lowest BCUT2D eigenvalue weighted by Gasteiger charge is -2.12. The standard InChI is InChI=1S/C16H13FN2S/c17-12-5-6-14-15(9-12)19(16(20)18-14)13-7-10-3-1-2-4-11(10)8-13/h1-6,9,13H,7-8H2,(H,18,20). The number of hydrogen-bond acceptors (Lipinski definition) is 1. The lowest BCUT2D eigenvalue weighted by Crippen LogP contribution is -2.09. The van der Waals surface area contributed by atoms with Crippen LogP contribution in [0.25, 0.3) is 11.0 Å². The van der Waals surface area contributed by atoms with Gasteiger partial charge in [-0.1, -0.05) is 24.3 Å². The number of imidazole rings is 1. The molecule has 4 heteroatoms. The first kappa shape index (κ1) is 11.9. The van der Waals surface area contributed by atoms with E-state index in [2.05, 4.69) is 33.8 Å². The summed E-state index contributed by atoms with van der Waals surface area (Å²) in [5.74, 6) is -0.226. The molecule has 0 radical (unpaired) electrons. The van der Waals surface area contributed by atoms with E-state index in [1.165, 1.54) is 17.2 Å². The summed E-state index contributed by atoms with van der Waals surface area (Å²) in [6.07, 6.45) is 1.90. The van der Waals surface area contributed by atoms with Gasteiger partial charge in [0.15, 0.2) is 4.77 Å². The van der Waals surface area contributed by atoms with Crippen molar-refractivity contribution in [2.45, 2.75) is 18.9 Å². The van der Waals surface area contributed by atoms with Gasteiger partial charge >= 0.3 is 0 Å². The molecule has 0 saturated heterocycles. The Labute approximate surface area is 120 Å². The molecule has 1 N–H and O–H groups in total. The van der Waals surface area contributed by atoms with Crippen LogP contribution in [0.4, 0.5) is 4.39 Å². The first-order valence-corrected chi connectivity index (χ1v) is 7.10. The van der Waals surface area contributed by atoms with Crippen LogP contribution in [-0.4, -0.2) is 9.55 Å². The van der Waals surface area contributed by atoms with E-state index < -0.39 is 0 Å². The first-order valence-electron chi connectivity index (χ1n) is 6.69. The van der Waals surface area contributed by atoms with Crippen LogP contribution >= 0.6 is 12.2 Å². The fraction of sp³-hybridized carbons (Fsp3) is 0.188. The van der Waals surface area contributed by atoms with Crippen molar-refractivity contribution in [1.29, 1.82) is 0 Å². The van der Waals surface area contributed by atoms with E-state index in [1.54, 1.807) is 12.1 Å². The van der Waals surface area contributed by atoms with E-state index in [0.29, 0.717) is 4.77 Å². The average Bonchev–Trinajstić information content (AvgIpc) is 2.97. The van der Waals surface area contributed by atoms with E-state index in [4.69, 9.17) is 12.2 Å². The molecule has 20 heavy (non-hydrogen) atoms.